The van der Waals surface area contributed by atoms with Gasteiger partial charge < -0.3 is 20.5 Å². The summed E-state index contributed by atoms with van der Waals surface area (Å²) in [6.45, 7) is 3.68. The number of benzene rings is 1. The zero-order valence-electron chi connectivity index (χ0n) is 11.8. The maximum atomic E-state index is 10.6. The van der Waals surface area contributed by atoms with E-state index >= 15 is 0 Å². The molecule has 2 rings (SSSR count). The highest BCUT2D eigenvalue weighted by atomic mass is 16.5. The van der Waals surface area contributed by atoms with Gasteiger partial charge in [0, 0.05) is 19.2 Å². The fraction of sp³-hybridized carbons (Fsp3) is 0.533. The molecule has 0 spiro atoms. The van der Waals surface area contributed by atoms with Crippen LogP contribution in [-0.4, -0.2) is 31.3 Å². The van der Waals surface area contributed by atoms with Crippen molar-refractivity contribution >= 4 is 5.91 Å². The summed E-state index contributed by atoms with van der Waals surface area (Å²) in [7, 11) is 0. The van der Waals surface area contributed by atoms with E-state index in [1.165, 1.54) is 5.56 Å². The summed E-state index contributed by atoms with van der Waals surface area (Å²) in [4.78, 5) is 10.6. The number of amides is 1. The molecule has 0 aliphatic carbocycles. The molecule has 1 saturated heterocycles. The predicted octanol–water partition coefficient (Wildman–Crippen LogP) is 1.21. The molecule has 1 aromatic carbocycles. The normalized spacial score (nSPS) is 22.4. The first-order chi connectivity index (χ1) is 9.63. The van der Waals surface area contributed by atoms with Crippen LogP contribution in [0.3, 0.4) is 0 Å². The molecule has 0 bridgehead atoms. The van der Waals surface area contributed by atoms with Gasteiger partial charge in [0.05, 0.1) is 6.10 Å². The van der Waals surface area contributed by atoms with Crippen molar-refractivity contribution in [3.05, 3.63) is 29.8 Å². The largest absolute Gasteiger partial charge is 0.484 e. The SMILES string of the molecule is CC1CC(NCc2ccc(OCC(N)=O)cc2)CCO1. The quantitative estimate of drug-likeness (QED) is 0.820. The molecule has 1 heterocycles. The van der Waals surface area contributed by atoms with Gasteiger partial charge in [-0.25, -0.2) is 0 Å². The molecule has 0 aromatic heterocycles. The second-order valence-electron chi connectivity index (χ2n) is 5.18. The third-order valence-corrected chi connectivity index (χ3v) is 3.38. The molecule has 5 nitrogen and oxygen atoms in total. The number of ether oxygens (including phenoxy) is 2. The molecule has 110 valence electrons. The topological polar surface area (TPSA) is 73.6 Å². The molecule has 2 unspecified atom stereocenters. The molecule has 1 amide bonds. The maximum Gasteiger partial charge on any atom is 0.255 e. The fourth-order valence-corrected chi connectivity index (χ4v) is 2.30. The van der Waals surface area contributed by atoms with Gasteiger partial charge in [-0.1, -0.05) is 12.1 Å². The van der Waals surface area contributed by atoms with Crippen molar-refractivity contribution in [2.75, 3.05) is 13.2 Å². The smallest absolute Gasteiger partial charge is 0.255 e. The molecule has 20 heavy (non-hydrogen) atoms. The Kier molecular flexibility index (Phi) is 5.38. The van der Waals surface area contributed by atoms with Crippen LogP contribution in [0.5, 0.6) is 5.75 Å². The first-order valence-electron chi connectivity index (χ1n) is 6.98. The van der Waals surface area contributed by atoms with Gasteiger partial charge in [-0.3, -0.25) is 4.79 Å². The van der Waals surface area contributed by atoms with Crippen LogP contribution in [0.4, 0.5) is 0 Å². The van der Waals surface area contributed by atoms with Crippen LogP contribution in [0, 0.1) is 0 Å². The van der Waals surface area contributed by atoms with Gasteiger partial charge in [0.25, 0.3) is 5.91 Å². The number of hydrogen-bond donors (Lipinski definition) is 2. The number of nitrogens with two attached hydrogens (primary N) is 1. The Labute approximate surface area is 119 Å². The van der Waals surface area contributed by atoms with E-state index in [0.29, 0.717) is 17.9 Å². The number of carbonyl (C=O) groups is 1. The van der Waals surface area contributed by atoms with E-state index in [-0.39, 0.29) is 6.61 Å². The monoisotopic (exact) mass is 278 g/mol. The number of hydrogen-bond acceptors (Lipinski definition) is 4. The third kappa shape index (κ3) is 4.83. The number of carbonyl (C=O) groups excluding carboxylic acids is 1. The molecule has 1 aliphatic rings. The van der Waals surface area contributed by atoms with Crippen molar-refractivity contribution in [2.24, 2.45) is 5.73 Å². The van der Waals surface area contributed by atoms with E-state index in [1.54, 1.807) is 0 Å². The summed E-state index contributed by atoms with van der Waals surface area (Å²) in [5.74, 6) is 0.191. The summed E-state index contributed by atoms with van der Waals surface area (Å²) in [6.07, 6.45) is 2.45. The van der Waals surface area contributed by atoms with E-state index < -0.39 is 5.91 Å². The van der Waals surface area contributed by atoms with Crippen LogP contribution in [0.25, 0.3) is 0 Å². The fourth-order valence-electron chi connectivity index (χ4n) is 2.30. The molecule has 1 aliphatic heterocycles. The molecular weight excluding hydrogens is 256 g/mol. The molecule has 1 fully saturated rings. The van der Waals surface area contributed by atoms with E-state index in [9.17, 15) is 4.79 Å². The van der Waals surface area contributed by atoms with Crippen LogP contribution in [0.2, 0.25) is 0 Å². The highest BCUT2D eigenvalue weighted by molar-refractivity contribution is 5.75. The number of primary amides is 1. The van der Waals surface area contributed by atoms with Gasteiger partial charge in [-0.15, -0.1) is 0 Å². The molecule has 1 aromatic rings. The Morgan fingerprint density at radius 2 is 2.20 bits per heavy atom. The second-order valence-corrected chi connectivity index (χ2v) is 5.18. The van der Waals surface area contributed by atoms with Crippen molar-refractivity contribution in [2.45, 2.75) is 38.5 Å². The van der Waals surface area contributed by atoms with Crippen LogP contribution in [0.15, 0.2) is 24.3 Å². The average Bonchev–Trinajstić information content (AvgIpc) is 2.44. The summed E-state index contributed by atoms with van der Waals surface area (Å²) in [5, 5.41) is 3.54. The average molecular weight is 278 g/mol. The van der Waals surface area contributed by atoms with Gasteiger partial charge in [0.2, 0.25) is 0 Å². The van der Waals surface area contributed by atoms with E-state index in [4.69, 9.17) is 15.2 Å². The summed E-state index contributed by atoms with van der Waals surface area (Å²) >= 11 is 0. The number of nitrogens with one attached hydrogen (secondary N) is 1. The highest BCUT2D eigenvalue weighted by Crippen LogP contribution is 2.15. The zero-order valence-corrected chi connectivity index (χ0v) is 11.8. The first-order valence-corrected chi connectivity index (χ1v) is 6.98. The Hall–Kier alpha value is -1.59. The third-order valence-electron chi connectivity index (χ3n) is 3.38. The van der Waals surface area contributed by atoms with Crippen LogP contribution < -0.4 is 15.8 Å². The van der Waals surface area contributed by atoms with Crippen molar-refractivity contribution in [1.29, 1.82) is 0 Å². The van der Waals surface area contributed by atoms with Crippen molar-refractivity contribution in [1.82, 2.24) is 5.32 Å². The molecule has 5 heteroatoms. The van der Waals surface area contributed by atoms with Gasteiger partial charge in [0.1, 0.15) is 5.75 Å². The van der Waals surface area contributed by atoms with Crippen molar-refractivity contribution in [3.63, 3.8) is 0 Å². The zero-order chi connectivity index (χ0) is 14.4. The summed E-state index contributed by atoms with van der Waals surface area (Å²) in [5.41, 5.74) is 6.22. The lowest BCUT2D eigenvalue weighted by molar-refractivity contribution is -0.119. The first kappa shape index (κ1) is 14.8. The number of rotatable bonds is 6. The van der Waals surface area contributed by atoms with Crippen LogP contribution in [0.1, 0.15) is 25.3 Å². The minimum atomic E-state index is -0.468. The lowest BCUT2D eigenvalue weighted by atomic mass is 10.0. The molecule has 2 atom stereocenters. The minimum absolute atomic E-state index is 0.0858. The standard InChI is InChI=1S/C15H22N2O3/c1-11-8-13(6-7-19-11)17-9-12-2-4-14(5-3-12)20-10-15(16)18/h2-5,11,13,17H,6-10H2,1H3,(H2,16,18). The van der Waals surface area contributed by atoms with E-state index in [1.807, 2.05) is 24.3 Å². The Balaban J connectivity index is 1.77. The summed E-state index contributed by atoms with van der Waals surface area (Å²) < 4.78 is 10.7. The van der Waals surface area contributed by atoms with Gasteiger partial charge >= 0.3 is 0 Å². The second kappa shape index (κ2) is 7.26. The Bertz CT molecular complexity index is 433. The van der Waals surface area contributed by atoms with Gasteiger partial charge in [-0.2, -0.15) is 0 Å². The molecular formula is C15H22N2O3. The van der Waals surface area contributed by atoms with Crippen LogP contribution >= 0.6 is 0 Å². The highest BCUT2D eigenvalue weighted by Gasteiger charge is 2.18. The Morgan fingerprint density at radius 1 is 1.45 bits per heavy atom. The lowest BCUT2D eigenvalue weighted by Crippen LogP contribution is -2.37. The predicted molar refractivity (Wildman–Crippen MR) is 76.4 cm³/mol. The van der Waals surface area contributed by atoms with Gasteiger partial charge in [0.15, 0.2) is 6.61 Å². The van der Waals surface area contributed by atoms with Crippen LogP contribution in [-0.2, 0) is 16.1 Å². The minimum Gasteiger partial charge on any atom is -0.484 e. The van der Waals surface area contributed by atoms with E-state index in [0.717, 1.165) is 26.0 Å². The Morgan fingerprint density at radius 3 is 2.85 bits per heavy atom. The van der Waals surface area contributed by atoms with Crippen molar-refractivity contribution < 1.29 is 14.3 Å². The van der Waals surface area contributed by atoms with E-state index in [2.05, 4.69) is 12.2 Å². The van der Waals surface area contributed by atoms with Crippen molar-refractivity contribution in [3.8, 4) is 5.75 Å². The molecule has 0 radical (unpaired) electrons. The molecule has 0 saturated carbocycles. The van der Waals surface area contributed by atoms with Gasteiger partial charge in [-0.05, 0) is 37.5 Å². The summed E-state index contributed by atoms with van der Waals surface area (Å²) in [6, 6.07) is 8.21. The maximum absolute atomic E-state index is 10.6. The molecule has 3 N–H and O–H groups in total. The lowest BCUT2D eigenvalue weighted by Gasteiger charge is -2.28.